The summed E-state index contributed by atoms with van der Waals surface area (Å²) < 4.78 is 11.4. The minimum Gasteiger partial charge on any atom is -0.464 e. The van der Waals surface area contributed by atoms with Crippen LogP contribution in [0.1, 0.15) is 19.4 Å². The van der Waals surface area contributed by atoms with Gasteiger partial charge in [0.2, 0.25) is 0 Å². The van der Waals surface area contributed by atoms with Crippen molar-refractivity contribution >= 4 is 26.3 Å². The van der Waals surface area contributed by atoms with E-state index in [1.807, 2.05) is 74.1 Å². The Balaban J connectivity index is 2.06. The highest BCUT2D eigenvalue weighted by molar-refractivity contribution is 8.03. The molecule has 2 atom stereocenters. The molecule has 0 bridgehead atoms. The SMILES string of the molecule is CCOC(=O)C(CPCSc1ccccc1)(Cc1ccccc1)OCC. The number of ether oxygens (including phenoxy) is 2. The predicted molar refractivity (Wildman–Crippen MR) is 111 cm³/mol. The molecular weight excluding hydrogens is 363 g/mol. The average molecular weight is 390 g/mol. The third-order valence-electron chi connectivity index (χ3n) is 3.90. The summed E-state index contributed by atoms with van der Waals surface area (Å²) in [6.45, 7) is 4.62. The number of hydrogen-bond acceptors (Lipinski definition) is 4. The van der Waals surface area contributed by atoms with Crippen LogP contribution in [0.15, 0.2) is 65.6 Å². The Morgan fingerprint density at radius 2 is 1.65 bits per heavy atom. The molecule has 0 aliphatic rings. The molecule has 140 valence electrons. The Labute approximate surface area is 162 Å². The second kappa shape index (κ2) is 11.4. The summed E-state index contributed by atoms with van der Waals surface area (Å²) in [7, 11) is 0.605. The van der Waals surface area contributed by atoms with E-state index in [2.05, 4.69) is 12.1 Å². The monoisotopic (exact) mass is 390 g/mol. The molecule has 0 fully saturated rings. The summed E-state index contributed by atoms with van der Waals surface area (Å²) >= 11 is 1.82. The van der Waals surface area contributed by atoms with Gasteiger partial charge in [-0.15, -0.1) is 20.3 Å². The van der Waals surface area contributed by atoms with Crippen molar-refractivity contribution in [3.63, 3.8) is 0 Å². The molecule has 0 heterocycles. The van der Waals surface area contributed by atoms with Gasteiger partial charge in [-0.1, -0.05) is 48.5 Å². The van der Waals surface area contributed by atoms with Gasteiger partial charge >= 0.3 is 5.97 Å². The molecule has 0 saturated heterocycles. The van der Waals surface area contributed by atoms with Gasteiger partial charge in [0.05, 0.1) is 6.61 Å². The summed E-state index contributed by atoms with van der Waals surface area (Å²) in [6, 6.07) is 20.4. The summed E-state index contributed by atoms with van der Waals surface area (Å²) in [5, 5.41) is 0. The van der Waals surface area contributed by atoms with Crippen molar-refractivity contribution in [1.82, 2.24) is 0 Å². The van der Waals surface area contributed by atoms with Gasteiger partial charge in [-0.3, -0.25) is 0 Å². The van der Waals surface area contributed by atoms with Crippen LogP contribution in [0.25, 0.3) is 0 Å². The summed E-state index contributed by atoms with van der Waals surface area (Å²) in [6.07, 6.45) is 1.22. The van der Waals surface area contributed by atoms with Crippen LogP contribution in [-0.4, -0.2) is 36.4 Å². The zero-order chi connectivity index (χ0) is 18.7. The van der Waals surface area contributed by atoms with Gasteiger partial charge in [-0.25, -0.2) is 4.79 Å². The topological polar surface area (TPSA) is 35.5 Å². The van der Waals surface area contributed by atoms with Gasteiger partial charge in [0, 0.05) is 29.6 Å². The minimum absolute atomic E-state index is 0.247. The fraction of sp³-hybridized carbons (Fsp3) is 0.381. The van der Waals surface area contributed by atoms with E-state index >= 15 is 0 Å². The molecule has 2 rings (SSSR count). The highest BCUT2D eigenvalue weighted by Crippen LogP contribution is 2.32. The van der Waals surface area contributed by atoms with Crippen molar-refractivity contribution in [2.24, 2.45) is 0 Å². The largest absolute Gasteiger partial charge is 0.464 e. The van der Waals surface area contributed by atoms with Crippen molar-refractivity contribution in [2.45, 2.75) is 30.8 Å². The molecule has 0 spiro atoms. The van der Waals surface area contributed by atoms with Crippen molar-refractivity contribution in [3.8, 4) is 0 Å². The van der Waals surface area contributed by atoms with E-state index in [1.165, 1.54) is 4.90 Å². The zero-order valence-corrected chi connectivity index (χ0v) is 17.3. The van der Waals surface area contributed by atoms with Crippen LogP contribution >= 0.6 is 20.3 Å². The van der Waals surface area contributed by atoms with Gasteiger partial charge in [0.1, 0.15) is 0 Å². The maximum Gasteiger partial charge on any atom is 0.339 e. The van der Waals surface area contributed by atoms with Gasteiger partial charge in [-0.05, 0) is 31.5 Å². The van der Waals surface area contributed by atoms with E-state index in [-0.39, 0.29) is 5.97 Å². The molecule has 2 unspecified atom stereocenters. The molecule has 26 heavy (non-hydrogen) atoms. The van der Waals surface area contributed by atoms with Crippen LogP contribution in [0.4, 0.5) is 0 Å². The Morgan fingerprint density at radius 3 is 2.27 bits per heavy atom. The lowest BCUT2D eigenvalue weighted by atomic mass is 9.96. The number of esters is 1. The smallest absolute Gasteiger partial charge is 0.339 e. The quantitative estimate of drug-likeness (QED) is 0.234. The second-order valence-electron chi connectivity index (χ2n) is 5.84. The molecule has 0 aromatic heterocycles. The molecule has 0 amide bonds. The lowest BCUT2D eigenvalue weighted by Crippen LogP contribution is -2.47. The van der Waals surface area contributed by atoms with Gasteiger partial charge in [0.25, 0.3) is 0 Å². The number of carbonyl (C=O) groups is 1. The first kappa shape index (κ1) is 21.0. The summed E-state index contributed by atoms with van der Waals surface area (Å²) in [5.74, 6) is -0.247. The Kier molecular flexibility index (Phi) is 9.17. The van der Waals surface area contributed by atoms with E-state index in [1.54, 1.807) is 0 Å². The van der Waals surface area contributed by atoms with Crippen LogP contribution < -0.4 is 0 Å². The summed E-state index contributed by atoms with van der Waals surface area (Å²) in [4.78, 5) is 14.0. The first-order chi connectivity index (χ1) is 12.7. The van der Waals surface area contributed by atoms with Gasteiger partial charge < -0.3 is 9.47 Å². The maximum atomic E-state index is 12.8. The molecule has 0 N–H and O–H groups in total. The number of benzene rings is 2. The zero-order valence-electron chi connectivity index (χ0n) is 15.4. The Hall–Kier alpha value is -1.35. The van der Waals surface area contributed by atoms with Gasteiger partial charge in [-0.2, -0.15) is 0 Å². The predicted octanol–water partition coefficient (Wildman–Crippen LogP) is 5.00. The Bertz CT molecular complexity index is 651. The standard InChI is InChI=1S/C21H27O3PS/c1-3-23-20(22)21(24-4-2,15-18-11-7-5-8-12-18)16-25-17-26-19-13-9-6-10-14-19/h5-14,25H,3-4,15-17H2,1-2H3. The van der Waals surface area contributed by atoms with E-state index in [9.17, 15) is 4.79 Å². The first-order valence-corrected chi connectivity index (χ1v) is 11.3. The third-order valence-corrected chi connectivity index (χ3v) is 6.72. The highest BCUT2D eigenvalue weighted by atomic mass is 32.2. The molecule has 3 nitrogen and oxygen atoms in total. The van der Waals surface area contributed by atoms with Crippen LogP contribution in [0, 0.1) is 0 Å². The van der Waals surface area contributed by atoms with E-state index in [0.29, 0.717) is 34.4 Å². The van der Waals surface area contributed by atoms with E-state index in [4.69, 9.17) is 9.47 Å². The Morgan fingerprint density at radius 1 is 1.00 bits per heavy atom. The average Bonchev–Trinajstić information content (AvgIpc) is 2.67. The molecule has 2 aromatic rings. The normalized spacial score (nSPS) is 13.6. The van der Waals surface area contributed by atoms with E-state index < -0.39 is 5.60 Å². The fourth-order valence-corrected chi connectivity index (χ4v) is 5.34. The van der Waals surface area contributed by atoms with Crippen molar-refractivity contribution in [3.05, 3.63) is 66.2 Å². The minimum atomic E-state index is -0.901. The third kappa shape index (κ3) is 6.42. The molecule has 0 aliphatic carbocycles. The number of rotatable bonds is 11. The number of thioether (sulfide) groups is 1. The lowest BCUT2D eigenvalue weighted by molar-refractivity contribution is -0.168. The number of carbonyl (C=O) groups excluding carboxylic acids is 1. The van der Waals surface area contributed by atoms with Crippen LogP contribution in [-0.2, 0) is 20.7 Å². The number of hydrogen-bond donors (Lipinski definition) is 0. The van der Waals surface area contributed by atoms with Crippen LogP contribution in [0.3, 0.4) is 0 Å². The van der Waals surface area contributed by atoms with Crippen molar-refractivity contribution < 1.29 is 14.3 Å². The lowest BCUT2D eigenvalue weighted by Gasteiger charge is -2.31. The first-order valence-electron chi connectivity index (χ1n) is 8.94. The molecule has 5 heteroatoms. The van der Waals surface area contributed by atoms with E-state index in [0.717, 1.165) is 11.1 Å². The molecule has 2 aromatic carbocycles. The second-order valence-corrected chi connectivity index (χ2v) is 8.61. The molecule has 0 aliphatic heterocycles. The molecular formula is C21H27O3PS. The van der Waals surface area contributed by atoms with Crippen molar-refractivity contribution in [1.29, 1.82) is 0 Å². The highest BCUT2D eigenvalue weighted by Gasteiger charge is 2.40. The molecule has 0 radical (unpaired) electrons. The fourth-order valence-electron chi connectivity index (χ4n) is 2.74. The van der Waals surface area contributed by atoms with Gasteiger partial charge in [0.15, 0.2) is 5.60 Å². The van der Waals surface area contributed by atoms with Crippen molar-refractivity contribution in [2.75, 3.05) is 24.9 Å². The summed E-state index contributed by atoms with van der Waals surface area (Å²) in [5.41, 5.74) is 1.16. The maximum absolute atomic E-state index is 12.8. The van der Waals surface area contributed by atoms with Crippen LogP contribution in [0.5, 0.6) is 0 Å². The molecule has 0 saturated carbocycles. The van der Waals surface area contributed by atoms with Crippen LogP contribution in [0.2, 0.25) is 0 Å².